The summed E-state index contributed by atoms with van der Waals surface area (Å²) in [6.07, 6.45) is 0. The summed E-state index contributed by atoms with van der Waals surface area (Å²) in [5, 5.41) is 6.58. The fraction of sp³-hybridized carbons (Fsp3) is 0.381. The Morgan fingerprint density at radius 2 is 1.86 bits per heavy atom. The third-order valence-corrected chi connectivity index (χ3v) is 4.29. The zero-order valence-corrected chi connectivity index (χ0v) is 17.1. The van der Waals surface area contributed by atoms with Crippen LogP contribution >= 0.6 is 0 Å². The fourth-order valence-electron chi connectivity index (χ4n) is 2.82. The van der Waals surface area contributed by atoms with Gasteiger partial charge in [0.05, 0.1) is 19.8 Å². The first-order valence-corrected chi connectivity index (χ1v) is 9.18. The molecule has 0 fully saturated rings. The lowest BCUT2D eigenvalue weighted by molar-refractivity contribution is 0.298. The molecule has 0 saturated carbocycles. The maximum absolute atomic E-state index is 13.2. The molecule has 7 heteroatoms. The third kappa shape index (κ3) is 5.85. The van der Waals surface area contributed by atoms with Gasteiger partial charge in [0.1, 0.15) is 5.82 Å². The molecule has 0 radical (unpaired) electrons. The van der Waals surface area contributed by atoms with E-state index in [1.165, 1.54) is 12.1 Å². The highest BCUT2D eigenvalue weighted by Crippen LogP contribution is 2.30. The average molecular weight is 388 g/mol. The molecule has 6 nitrogen and oxygen atoms in total. The summed E-state index contributed by atoms with van der Waals surface area (Å²) in [5.74, 6) is 1.74. The predicted octanol–water partition coefficient (Wildman–Crippen LogP) is 3.52. The molecule has 1 unspecified atom stereocenters. The van der Waals surface area contributed by atoms with Crippen molar-refractivity contribution in [3.63, 3.8) is 0 Å². The number of rotatable bonds is 8. The molecule has 0 spiro atoms. The molecule has 1 atom stereocenters. The first kappa shape index (κ1) is 21.5. The van der Waals surface area contributed by atoms with Crippen LogP contribution in [-0.2, 0) is 0 Å². The van der Waals surface area contributed by atoms with Crippen LogP contribution in [-0.4, -0.2) is 52.3 Å². The summed E-state index contributed by atoms with van der Waals surface area (Å²) in [5.41, 5.74) is 1.86. The van der Waals surface area contributed by atoms with E-state index in [0.717, 1.165) is 11.3 Å². The van der Waals surface area contributed by atoms with Gasteiger partial charge in [-0.1, -0.05) is 12.1 Å². The topological polar surface area (TPSA) is 58.1 Å². The van der Waals surface area contributed by atoms with Crippen molar-refractivity contribution in [1.82, 2.24) is 10.2 Å². The van der Waals surface area contributed by atoms with Gasteiger partial charge in [0.2, 0.25) is 0 Å². The van der Waals surface area contributed by atoms with Gasteiger partial charge in [-0.3, -0.25) is 4.99 Å². The van der Waals surface area contributed by atoms with E-state index in [0.29, 0.717) is 30.6 Å². The molecule has 0 aromatic heterocycles. The Labute approximate surface area is 166 Å². The first-order valence-electron chi connectivity index (χ1n) is 9.18. The van der Waals surface area contributed by atoms with Gasteiger partial charge in [0.25, 0.3) is 0 Å². The van der Waals surface area contributed by atoms with Crippen molar-refractivity contribution >= 4 is 11.6 Å². The minimum absolute atomic E-state index is 0.0639. The fourth-order valence-corrected chi connectivity index (χ4v) is 2.82. The first-order chi connectivity index (χ1) is 13.5. The molecule has 2 aromatic carbocycles. The number of hydrogen-bond acceptors (Lipinski definition) is 4. The number of aliphatic imine (C=N–C) groups is 1. The van der Waals surface area contributed by atoms with E-state index in [1.807, 2.05) is 39.2 Å². The van der Waals surface area contributed by atoms with Crippen LogP contribution in [0.15, 0.2) is 47.5 Å². The second-order valence-corrected chi connectivity index (χ2v) is 6.41. The van der Waals surface area contributed by atoms with E-state index in [1.54, 1.807) is 26.3 Å². The molecule has 0 aliphatic heterocycles. The summed E-state index contributed by atoms with van der Waals surface area (Å²) in [6.45, 7) is 3.08. The van der Waals surface area contributed by atoms with Gasteiger partial charge in [-0.2, -0.15) is 0 Å². The van der Waals surface area contributed by atoms with Crippen LogP contribution in [0.3, 0.4) is 0 Å². The quantitative estimate of drug-likeness (QED) is 0.535. The monoisotopic (exact) mass is 388 g/mol. The Bertz CT molecular complexity index is 778. The Morgan fingerprint density at radius 3 is 2.43 bits per heavy atom. The molecule has 0 saturated heterocycles. The molecule has 28 heavy (non-hydrogen) atoms. The van der Waals surface area contributed by atoms with Gasteiger partial charge in [-0.05, 0) is 50.8 Å². The second-order valence-electron chi connectivity index (χ2n) is 6.41. The van der Waals surface area contributed by atoms with Crippen LogP contribution in [0.4, 0.5) is 10.1 Å². The van der Waals surface area contributed by atoms with Crippen LogP contribution in [0.2, 0.25) is 0 Å². The van der Waals surface area contributed by atoms with Crippen molar-refractivity contribution in [3.8, 4) is 11.5 Å². The van der Waals surface area contributed by atoms with Crippen LogP contribution in [0.5, 0.6) is 11.5 Å². The number of guanidine groups is 1. The van der Waals surface area contributed by atoms with Crippen molar-refractivity contribution in [3.05, 3.63) is 53.8 Å². The number of hydrogen-bond donors (Lipinski definition) is 2. The van der Waals surface area contributed by atoms with E-state index in [4.69, 9.17) is 9.47 Å². The summed E-state index contributed by atoms with van der Waals surface area (Å²) in [6, 6.07) is 12.2. The summed E-state index contributed by atoms with van der Waals surface area (Å²) in [7, 11) is 7.31. The Balaban J connectivity index is 2.07. The van der Waals surface area contributed by atoms with Gasteiger partial charge >= 0.3 is 0 Å². The van der Waals surface area contributed by atoms with Crippen molar-refractivity contribution in [1.29, 1.82) is 0 Å². The number of benzene rings is 2. The van der Waals surface area contributed by atoms with Gasteiger partial charge < -0.3 is 25.0 Å². The van der Waals surface area contributed by atoms with Crippen molar-refractivity contribution in [2.75, 3.05) is 46.7 Å². The molecule has 0 aliphatic rings. The number of nitrogens with one attached hydrogen (secondary N) is 2. The van der Waals surface area contributed by atoms with Gasteiger partial charge in [-0.25, -0.2) is 4.39 Å². The maximum Gasteiger partial charge on any atom is 0.195 e. The lowest BCUT2D eigenvalue weighted by Crippen LogP contribution is -2.38. The van der Waals surface area contributed by atoms with Crippen LogP contribution in [0.25, 0.3) is 0 Å². The SMILES string of the molecule is CCOc1cc(NC(=NC)NCC(c2ccc(F)cc2)N(C)C)ccc1OC. The van der Waals surface area contributed by atoms with Crippen LogP contribution in [0.1, 0.15) is 18.5 Å². The molecule has 0 aliphatic carbocycles. The molecule has 0 heterocycles. The lowest BCUT2D eigenvalue weighted by Gasteiger charge is -2.26. The van der Waals surface area contributed by atoms with Crippen LogP contribution < -0.4 is 20.1 Å². The van der Waals surface area contributed by atoms with Gasteiger partial charge in [0, 0.05) is 25.3 Å². The van der Waals surface area contributed by atoms with E-state index in [9.17, 15) is 4.39 Å². The Hall–Kier alpha value is -2.80. The Kier molecular flexibility index (Phi) is 8.07. The number of likely N-dealkylation sites (N-methyl/N-ethyl adjacent to an activating group) is 1. The highest BCUT2D eigenvalue weighted by atomic mass is 19.1. The number of methoxy groups -OCH3 is 1. The second kappa shape index (κ2) is 10.5. The summed E-state index contributed by atoms with van der Waals surface area (Å²) in [4.78, 5) is 6.36. The van der Waals surface area contributed by atoms with Crippen LogP contribution in [0, 0.1) is 5.82 Å². The number of nitrogens with zero attached hydrogens (tertiary/aromatic N) is 2. The minimum atomic E-state index is -0.240. The lowest BCUT2D eigenvalue weighted by atomic mass is 10.1. The zero-order valence-electron chi connectivity index (χ0n) is 17.1. The zero-order chi connectivity index (χ0) is 20.5. The van der Waals surface area contributed by atoms with Crippen molar-refractivity contribution < 1.29 is 13.9 Å². The number of anilines is 1. The molecule has 152 valence electrons. The van der Waals surface area contributed by atoms with Gasteiger partial charge in [-0.15, -0.1) is 0 Å². The van der Waals surface area contributed by atoms with E-state index < -0.39 is 0 Å². The average Bonchev–Trinajstić information content (AvgIpc) is 2.68. The van der Waals surface area contributed by atoms with Crippen molar-refractivity contribution in [2.45, 2.75) is 13.0 Å². The molecular weight excluding hydrogens is 359 g/mol. The highest BCUT2D eigenvalue weighted by molar-refractivity contribution is 5.93. The van der Waals surface area contributed by atoms with Gasteiger partial charge in [0.15, 0.2) is 17.5 Å². The summed E-state index contributed by atoms with van der Waals surface area (Å²) < 4.78 is 24.2. The number of ether oxygens (including phenoxy) is 2. The highest BCUT2D eigenvalue weighted by Gasteiger charge is 2.15. The minimum Gasteiger partial charge on any atom is -0.493 e. The largest absolute Gasteiger partial charge is 0.493 e. The van der Waals surface area contributed by atoms with E-state index >= 15 is 0 Å². The smallest absolute Gasteiger partial charge is 0.195 e. The normalized spacial score (nSPS) is 12.6. The Morgan fingerprint density at radius 1 is 1.14 bits per heavy atom. The summed E-state index contributed by atoms with van der Waals surface area (Å²) >= 11 is 0. The van der Waals surface area contributed by atoms with E-state index in [-0.39, 0.29) is 11.9 Å². The predicted molar refractivity (Wildman–Crippen MR) is 112 cm³/mol. The molecule has 0 amide bonds. The third-order valence-electron chi connectivity index (χ3n) is 4.29. The number of halogens is 1. The molecular formula is C21H29FN4O2. The maximum atomic E-state index is 13.2. The molecule has 0 bridgehead atoms. The van der Waals surface area contributed by atoms with E-state index in [2.05, 4.69) is 20.5 Å². The molecule has 2 aromatic rings. The molecule has 2 rings (SSSR count). The molecule has 2 N–H and O–H groups in total. The standard InChI is InChI=1S/C21H29FN4O2/c1-6-28-20-13-17(11-12-19(20)27-5)25-21(23-2)24-14-18(26(3)4)15-7-9-16(22)10-8-15/h7-13,18H,6,14H2,1-5H3,(H2,23,24,25). The van der Waals surface area contributed by atoms with Crippen molar-refractivity contribution in [2.24, 2.45) is 4.99 Å².